The largest absolute Gasteiger partial charge is 0.440 e. The van der Waals surface area contributed by atoms with Crippen molar-refractivity contribution in [2.45, 2.75) is 18.9 Å². The molecule has 1 N–H and O–H groups in total. The van der Waals surface area contributed by atoms with Crippen LogP contribution < -0.4 is 5.32 Å². The number of carbonyl (C=O) groups excluding carboxylic acids is 1. The van der Waals surface area contributed by atoms with Crippen LogP contribution >= 0.6 is 11.6 Å². The van der Waals surface area contributed by atoms with E-state index in [0.29, 0.717) is 25.7 Å². The summed E-state index contributed by atoms with van der Waals surface area (Å²) in [7, 11) is 1.63. The van der Waals surface area contributed by atoms with Crippen molar-refractivity contribution in [2.24, 2.45) is 0 Å². The van der Waals surface area contributed by atoms with Crippen LogP contribution in [0.15, 0.2) is 16.5 Å². The van der Waals surface area contributed by atoms with Crippen LogP contribution in [0, 0.1) is 0 Å². The molecule has 2 rings (SSSR count). The zero-order valence-electron chi connectivity index (χ0n) is 11.0. The highest BCUT2D eigenvalue weighted by Crippen LogP contribution is 2.16. The van der Waals surface area contributed by atoms with Gasteiger partial charge < -0.3 is 19.4 Å². The van der Waals surface area contributed by atoms with Crippen LogP contribution in [0.25, 0.3) is 0 Å². The van der Waals surface area contributed by atoms with E-state index in [2.05, 4.69) is 5.32 Å². The second-order valence-corrected chi connectivity index (χ2v) is 5.01. The molecule has 1 aromatic heterocycles. The van der Waals surface area contributed by atoms with E-state index < -0.39 is 0 Å². The van der Waals surface area contributed by atoms with Gasteiger partial charge in [-0.05, 0) is 43.1 Å². The molecule has 1 amide bonds. The Labute approximate surface area is 117 Å². The average Bonchev–Trinajstić information content (AvgIpc) is 3.05. The Morgan fingerprint density at radius 3 is 3.05 bits per heavy atom. The molecular formula is C13H19ClN2O3. The van der Waals surface area contributed by atoms with Gasteiger partial charge in [0.05, 0.1) is 6.61 Å². The number of hydrogen-bond acceptors (Lipinski definition) is 4. The lowest BCUT2D eigenvalue weighted by atomic mass is 10.2. The van der Waals surface area contributed by atoms with Crippen molar-refractivity contribution in [3.63, 3.8) is 0 Å². The fourth-order valence-corrected chi connectivity index (χ4v) is 2.39. The van der Waals surface area contributed by atoms with Gasteiger partial charge in [-0.1, -0.05) is 0 Å². The number of carbonyl (C=O) groups is 1. The highest BCUT2D eigenvalue weighted by Gasteiger charge is 2.24. The highest BCUT2D eigenvalue weighted by molar-refractivity contribution is 6.29. The first-order chi connectivity index (χ1) is 9.20. The summed E-state index contributed by atoms with van der Waals surface area (Å²) >= 11 is 5.71. The third-order valence-electron chi connectivity index (χ3n) is 3.24. The monoisotopic (exact) mass is 286 g/mol. The van der Waals surface area contributed by atoms with Crippen molar-refractivity contribution in [3.8, 4) is 0 Å². The summed E-state index contributed by atoms with van der Waals surface area (Å²) in [4.78, 5) is 14.1. The van der Waals surface area contributed by atoms with Crippen molar-refractivity contribution in [2.75, 3.05) is 33.4 Å². The van der Waals surface area contributed by atoms with Gasteiger partial charge in [-0.3, -0.25) is 4.79 Å². The van der Waals surface area contributed by atoms with Crippen LogP contribution in [0.1, 0.15) is 23.4 Å². The molecule has 0 spiro atoms. The summed E-state index contributed by atoms with van der Waals surface area (Å²) in [6.45, 7) is 2.74. The molecule has 1 aromatic rings. The summed E-state index contributed by atoms with van der Waals surface area (Å²) in [6, 6.07) is 3.54. The molecule has 0 aromatic carbocycles. The van der Waals surface area contributed by atoms with E-state index in [0.717, 1.165) is 19.4 Å². The molecule has 1 atom stereocenters. The minimum atomic E-state index is -0.141. The number of nitrogens with zero attached hydrogens (tertiary/aromatic N) is 1. The predicted molar refractivity (Wildman–Crippen MR) is 72.5 cm³/mol. The van der Waals surface area contributed by atoms with E-state index >= 15 is 0 Å². The summed E-state index contributed by atoms with van der Waals surface area (Å²) in [5, 5.41) is 3.61. The molecule has 0 radical (unpaired) electrons. The lowest BCUT2D eigenvalue weighted by molar-refractivity contribution is 0.0648. The lowest BCUT2D eigenvalue weighted by Gasteiger charge is -2.24. The second kappa shape index (κ2) is 6.93. The first-order valence-corrected chi connectivity index (χ1v) is 6.85. The number of methoxy groups -OCH3 is 1. The average molecular weight is 287 g/mol. The molecule has 1 aliphatic heterocycles. The van der Waals surface area contributed by atoms with Gasteiger partial charge in [0, 0.05) is 26.2 Å². The number of furan rings is 1. The number of ether oxygens (including phenoxy) is 1. The molecule has 1 saturated heterocycles. The molecule has 0 aliphatic carbocycles. The first kappa shape index (κ1) is 14.4. The molecular weight excluding hydrogens is 268 g/mol. The van der Waals surface area contributed by atoms with Gasteiger partial charge in [-0.25, -0.2) is 0 Å². The molecule has 5 nitrogen and oxygen atoms in total. The van der Waals surface area contributed by atoms with Crippen molar-refractivity contribution < 1.29 is 13.9 Å². The molecule has 2 heterocycles. The molecule has 0 saturated carbocycles. The normalized spacial score (nSPS) is 18.7. The van der Waals surface area contributed by atoms with Crippen molar-refractivity contribution in [1.29, 1.82) is 0 Å². The van der Waals surface area contributed by atoms with E-state index in [9.17, 15) is 4.79 Å². The van der Waals surface area contributed by atoms with Crippen LogP contribution in [0.2, 0.25) is 5.22 Å². The van der Waals surface area contributed by atoms with E-state index in [1.54, 1.807) is 24.1 Å². The van der Waals surface area contributed by atoms with E-state index in [4.69, 9.17) is 20.8 Å². The van der Waals surface area contributed by atoms with Crippen molar-refractivity contribution in [3.05, 3.63) is 23.1 Å². The SMILES string of the molecule is COCCN(CC1CCCN1)C(=O)c1ccc(Cl)o1. The van der Waals surface area contributed by atoms with Crippen LogP contribution in [-0.4, -0.2) is 50.2 Å². The number of halogens is 1. The van der Waals surface area contributed by atoms with Crippen LogP contribution in [0.3, 0.4) is 0 Å². The third-order valence-corrected chi connectivity index (χ3v) is 3.44. The molecule has 1 unspecified atom stereocenters. The summed E-state index contributed by atoms with van der Waals surface area (Å²) in [6.07, 6.45) is 2.25. The van der Waals surface area contributed by atoms with Gasteiger partial charge in [0.25, 0.3) is 5.91 Å². The second-order valence-electron chi connectivity index (χ2n) is 4.64. The van der Waals surface area contributed by atoms with Gasteiger partial charge in [0.2, 0.25) is 0 Å². The number of rotatable bonds is 6. The molecule has 0 bridgehead atoms. The summed E-state index contributed by atoms with van der Waals surface area (Å²) < 4.78 is 10.2. The quantitative estimate of drug-likeness (QED) is 0.866. The standard InChI is InChI=1S/C13H19ClN2O3/c1-18-8-7-16(9-10-3-2-6-15-10)13(17)11-4-5-12(14)19-11/h4-5,10,15H,2-3,6-9H2,1H3. The predicted octanol–water partition coefficient (Wildman–Crippen LogP) is 1.77. The lowest BCUT2D eigenvalue weighted by Crippen LogP contribution is -2.42. The third kappa shape index (κ3) is 3.96. The molecule has 1 fully saturated rings. The van der Waals surface area contributed by atoms with Gasteiger partial charge in [-0.15, -0.1) is 0 Å². The highest BCUT2D eigenvalue weighted by atomic mass is 35.5. The number of amides is 1. The van der Waals surface area contributed by atoms with Gasteiger partial charge in [0.1, 0.15) is 0 Å². The zero-order chi connectivity index (χ0) is 13.7. The number of hydrogen-bond donors (Lipinski definition) is 1. The Balaban J connectivity index is 2.00. The Morgan fingerprint density at radius 2 is 2.47 bits per heavy atom. The maximum atomic E-state index is 12.3. The fraction of sp³-hybridized carbons (Fsp3) is 0.615. The zero-order valence-corrected chi connectivity index (χ0v) is 11.8. The van der Waals surface area contributed by atoms with E-state index in [1.165, 1.54) is 0 Å². The Morgan fingerprint density at radius 1 is 1.63 bits per heavy atom. The topological polar surface area (TPSA) is 54.7 Å². The van der Waals surface area contributed by atoms with Crippen molar-refractivity contribution >= 4 is 17.5 Å². The molecule has 106 valence electrons. The minimum absolute atomic E-state index is 0.141. The van der Waals surface area contributed by atoms with Gasteiger partial charge in [-0.2, -0.15) is 0 Å². The van der Waals surface area contributed by atoms with Crippen LogP contribution in [0.4, 0.5) is 0 Å². The first-order valence-electron chi connectivity index (χ1n) is 6.47. The van der Waals surface area contributed by atoms with E-state index in [1.807, 2.05) is 0 Å². The maximum absolute atomic E-state index is 12.3. The fourth-order valence-electron chi connectivity index (χ4n) is 2.24. The maximum Gasteiger partial charge on any atom is 0.289 e. The Bertz CT molecular complexity index is 416. The summed E-state index contributed by atoms with van der Waals surface area (Å²) in [5.41, 5.74) is 0. The van der Waals surface area contributed by atoms with Crippen LogP contribution in [0.5, 0.6) is 0 Å². The Kier molecular flexibility index (Phi) is 5.24. The van der Waals surface area contributed by atoms with Gasteiger partial charge >= 0.3 is 0 Å². The van der Waals surface area contributed by atoms with Crippen LogP contribution in [-0.2, 0) is 4.74 Å². The molecule has 6 heteroatoms. The number of nitrogens with one attached hydrogen (secondary N) is 1. The smallest absolute Gasteiger partial charge is 0.289 e. The molecule has 19 heavy (non-hydrogen) atoms. The Hall–Kier alpha value is -1.04. The van der Waals surface area contributed by atoms with Crippen molar-refractivity contribution in [1.82, 2.24) is 10.2 Å². The van der Waals surface area contributed by atoms with Gasteiger partial charge in [0.15, 0.2) is 11.0 Å². The summed E-state index contributed by atoms with van der Waals surface area (Å²) in [5.74, 6) is 0.136. The molecule has 1 aliphatic rings. The van der Waals surface area contributed by atoms with E-state index in [-0.39, 0.29) is 16.9 Å². The minimum Gasteiger partial charge on any atom is -0.440 e.